The number of hydrogen-bond acceptors (Lipinski definition) is 5. The van der Waals surface area contributed by atoms with E-state index in [9.17, 15) is 9.18 Å². The number of nitrogens with one attached hydrogen (secondary N) is 2. The van der Waals surface area contributed by atoms with Crippen molar-refractivity contribution in [1.29, 1.82) is 0 Å². The fourth-order valence-electron chi connectivity index (χ4n) is 4.79. The number of nitrogens with zero attached hydrogens (tertiary/aromatic N) is 5. The first-order valence-corrected chi connectivity index (χ1v) is 12.5. The van der Waals surface area contributed by atoms with E-state index in [1.54, 1.807) is 4.68 Å². The third-order valence-corrected chi connectivity index (χ3v) is 6.70. The van der Waals surface area contributed by atoms with Crippen molar-refractivity contribution in [3.63, 3.8) is 0 Å². The maximum Gasteiger partial charge on any atom is 0.322 e. The van der Waals surface area contributed by atoms with E-state index in [0.29, 0.717) is 12.5 Å². The Hall–Kier alpha value is -4.27. The van der Waals surface area contributed by atoms with Crippen molar-refractivity contribution in [2.24, 2.45) is 7.05 Å². The number of rotatable bonds is 7. The maximum atomic E-state index is 13.5. The number of halogens is 1. The van der Waals surface area contributed by atoms with Crippen molar-refractivity contribution in [1.82, 2.24) is 25.1 Å². The number of amides is 2. The zero-order chi connectivity index (χ0) is 25.6. The highest BCUT2D eigenvalue weighted by Gasteiger charge is 2.30. The average molecular weight is 500 g/mol. The predicted octanol–water partition coefficient (Wildman–Crippen LogP) is 5.16. The van der Waals surface area contributed by atoms with E-state index in [-0.39, 0.29) is 18.1 Å². The minimum atomic E-state index is -0.457. The Labute approximate surface area is 215 Å². The number of benzene rings is 2. The number of hydrogen-bond donors (Lipinski definition) is 2. The Kier molecular flexibility index (Phi) is 7.39. The van der Waals surface area contributed by atoms with E-state index in [4.69, 9.17) is 0 Å². The van der Waals surface area contributed by atoms with E-state index in [0.717, 1.165) is 60.5 Å². The molecule has 1 saturated carbocycles. The second kappa shape index (κ2) is 11.2. The lowest BCUT2D eigenvalue weighted by molar-refractivity contribution is 0.240. The smallest absolute Gasteiger partial charge is 0.322 e. The van der Waals surface area contributed by atoms with Crippen LogP contribution in [-0.4, -0.2) is 37.9 Å². The van der Waals surface area contributed by atoms with E-state index in [1.165, 1.54) is 0 Å². The van der Waals surface area contributed by atoms with Gasteiger partial charge in [0.05, 0.1) is 18.6 Å². The highest BCUT2D eigenvalue weighted by molar-refractivity contribution is 5.93. The number of aromatic nitrogens is 4. The van der Waals surface area contributed by atoms with Gasteiger partial charge >= 0.3 is 6.03 Å². The van der Waals surface area contributed by atoms with Crippen LogP contribution in [0.3, 0.4) is 0 Å². The lowest BCUT2D eigenvalue weighted by atomic mass is 9.90. The first-order chi connectivity index (χ1) is 18.0. The molecule has 0 atom stereocenters. The molecule has 0 unspecified atom stereocenters. The summed E-state index contributed by atoms with van der Waals surface area (Å²) in [5.41, 5.74) is 3.99. The third kappa shape index (κ3) is 6.11. The quantitative estimate of drug-likeness (QED) is 0.367. The van der Waals surface area contributed by atoms with Crippen molar-refractivity contribution in [3.8, 4) is 11.1 Å². The summed E-state index contributed by atoms with van der Waals surface area (Å²) in [7, 11) is 1.89. The summed E-state index contributed by atoms with van der Waals surface area (Å²) >= 11 is 0. The second-order valence-electron chi connectivity index (χ2n) is 9.34. The molecule has 9 heteroatoms. The van der Waals surface area contributed by atoms with Crippen molar-refractivity contribution in [2.75, 3.05) is 10.2 Å². The SMILES string of the molecule is Cn1cc(-c2ccc(N(C(=O)NCc3ccccc3)[C@H]3CC[C@H](Nc4ncc(F)cn4)CC3)cc2)cn1. The molecule has 2 aromatic carbocycles. The molecule has 5 rings (SSSR count). The van der Waals surface area contributed by atoms with Gasteiger partial charge in [-0.3, -0.25) is 9.58 Å². The summed E-state index contributed by atoms with van der Waals surface area (Å²) in [5, 5.41) is 10.7. The monoisotopic (exact) mass is 499 g/mol. The van der Waals surface area contributed by atoms with Gasteiger partial charge in [-0.25, -0.2) is 19.2 Å². The molecule has 2 heterocycles. The van der Waals surface area contributed by atoms with E-state index in [1.807, 2.05) is 78.9 Å². The van der Waals surface area contributed by atoms with Crippen LogP contribution in [0.2, 0.25) is 0 Å². The third-order valence-electron chi connectivity index (χ3n) is 6.70. The van der Waals surface area contributed by atoms with Gasteiger partial charge in [-0.2, -0.15) is 5.10 Å². The molecule has 37 heavy (non-hydrogen) atoms. The van der Waals surface area contributed by atoms with Crippen molar-refractivity contribution < 1.29 is 9.18 Å². The molecule has 8 nitrogen and oxygen atoms in total. The number of anilines is 2. The molecule has 1 fully saturated rings. The van der Waals surface area contributed by atoms with Crippen LogP contribution in [0.25, 0.3) is 11.1 Å². The normalized spacial score (nSPS) is 17.2. The van der Waals surface area contributed by atoms with Gasteiger partial charge in [0.2, 0.25) is 5.95 Å². The van der Waals surface area contributed by atoms with Crippen LogP contribution in [0, 0.1) is 5.82 Å². The van der Waals surface area contributed by atoms with Gasteiger partial charge in [0.1, 0.15) is 0 Å². The summed E-state index contributed by atoms with van der Waals surface area (Å²) in [6, 6.07) is 18.1. The van der Waals surface area contributed by atoms with Crippen LogP contribution in [0.15, 0.2) is 79.4 Å². The predicted molar refractivity (Wildman–Crippen MR) is 141 cm³/mol. The molecule has 1 aliphatic rings. The summed E-state index contributed by atoms with van der Waals surface area (Å²) in [6.07, 6.45) is 9.47. The van der Waals surface area contributed by atoms with E-state index < -0.39 is 5.82 Å². The summed E-state index contributed by atoms with van der Waals surface area (Å²) in [6.45, 7) is 0.461. The van der Waals surface area contributed by atoms with Gasteiger partial charge in [0, 0.05) is 43.1 Å². The largest absolute Gasteiger partial charge is 0.351 e. The summed E-state index contributed by atoms with van der Waals surface area (Å²) in [4.78, 5) is 23.4. The lowest BCUT2D eigenvalue weighted by Crippen LogP contribution is -2.48. The molecule has 0 aliphatic heterocycles. The molecule has 2 aromatic heterocycles. The Morgan fingerprint density at radius 3 is 2.32 bits per heavy atom. The first kappa shape index (κ1) is 24.4. The van der Waals surface area contributed by atoms with Crippen LogP contribution < -0.4 is 15.5 Å². The van der Waals surface area contributed by atoms with Gasteiger partial charge in [-0.1, -0.05) is 42.5 Å². The highest BCUT2D eigenvalue weighted by atomic mass is 19.1. The van der Waals surface area contributed by atoms with Gasteiger partial charge in [0.25, 0.3) is 0 Å². The lowest BCUT2D eigenvalue weighted by Gasteiger charge is -2.37. The Morgan fingerprint density at radius 1 is 0.973 bits per heavy atom. The molecule has 0 bridgehead atoms. The molecule has 4 aromatic rings. The Morgan fingerprint density at radius 2 is 1.68 bits per heavy atom. The Bertz CT molecular complexity index is 1300. The summed E-state index contributed by atoms with van der Waals surface area (Å²) in [5.74, 6) is -0.0331. The van der Waals surface area contributed by atoms with Gasteiger partial charge < -0.3 is 10.6 Å². The van der Waals surface area contributed by atoms with Crippen LogP contribution in [0.1, 0.15) is 31.2 Å². The molecular formula is C28H30FN7O. The van der Waals surface area contributed by atoms with Crippen LogP contribution in [-0.2, 0) is 13.6 Å². The van der Waals surface area contributed by atoms with Crippen LogP contribution >= 0.6 is 0 Å². The zero-order valence-electron chi connectivity index (χ0n) is 20.7. The minimum absolute atomic E-state index is 0.0483. The number of urea groups is 1. The van der Waals surface area contributed by atoms with E-state index in [2.05, 4.69) is 25.7 Å². The van der Waals surface area contributed by atoms with Gasteiger partial charge in [-0.15, -0.1) is 0 Å². The number of aryl methyl sites for hydroxylation is 1. The summed E-state index contributed by atoms with van der Waals surface area (Å²) < 4.78 is 14.9. The van der Waals surface area contributed by atoms with Gasteiger partial charge in [0.15, 0.2) is 5.82 Å². The van der Waals surface area contributed by atoms with Crippen molar-refractivity contribution in [3.05, 3.63) is 90.8 Å². The molecule has 0 radical (unpaired) electrons. The van der Waals surface area contributed by atoms with Crippen LogP contribution in [0.5, 0.6) is 0 Å². The number of carbonyl (C=O) groups is 1. The molecule has 190 valence electrons. The standard InChI is InChI=1S/C28H30FN7O/c1-35-19-22(16-33-35)21-7-11-25(12-8-21)36(28(37)32-15-20-5-3-2-4-6-20)26-13-9-24(10-14-26)34-27-30-17-23(29)18-31-27/h2-8,11-12,16-19,24,26H,9-10,13-15H2,1H3,(H,32,37)(H,30,31,34)/t24-,26-. The minimum Gasteiger partial charge on any atom is -0.351 e. The van der Waals surface area contributed by atoms with Crippen molar-refractivity contribution >= 4 is 17.7 Å². The first-order valence-electron chi connectivity index (χ1n) is 12.5. The van der Waals surface area contributed by atoms with E-state index >= 15 is 0 Å². The van der Waals surface area contributed by atoms with Gasteiger partial charge in [-0.05, 0) is 48.9 Å². The second-order valence-corrected chi connectivity index (χ2v) is 9.34. The molecule has 1 aliphatic carbocycles. The molecule has 2 N–H and O–H groups in total. The maximum absolute atomic E-state index is 13.5. The fourth-order valence-corrected chi connectivity index (χ4v) is 4.79. The molecule has 2 amide bonds. The topological polar surface area (TPSA) is 88.0 Å². The highest BCUT2D eigenvalue weighted by Crippen LogP contribution is 2.30. The van der Waals surface area contributed by atoms with Crippen molar-refractivity contribution in [2.45, 2.75) is 44.3 Å². The number of carbonyl (C=O) groups excluding carboxylic acids is 1. The zero-order valence-corrected chi connectivity index (χ0v) is 20.7. The fraction of sp³-hybridized carbons (Fsp3) is 0.286. The Balaban J connectivity index is 1.30. The molecule has 0 spiro atoms. The molecular weight excluding hydrogens is 469 g/mol. The van der Waals surface area contributed by atoms with Crippen LogP contribution in [0.4, 0.5) is 20.8 Å². The molecule has 0 saturated heterocycles. The average Bonchev–Trinajstić information content (AvgIpc) is 3.37.